The predicted molar refractivity (Wildman–Crippen MR) is 99.2 cm³/mol. The molecular formula is C15H23F3IN3O3. The van der Waals surface area contributed by atoms with E-state index in [1.807, 2.05) is 0 Å². The highest BCUT2D eigenvalue weighted by molar-refractivity contribution is 14.0. The Hall–Kier alpha value is -1.27. The lowest BCUT2D eigenvalue weighted by atomic mass is 10.2. The molecule has 0 aromatic heterocycles. The normalized spacial score (nSPS) is 11.8. The molecule has 10 heteroatoms. The van der Waals surface area contributed by atoms with E-state index >= 15 is 0 Å². The van der Waals surface area contributed by atoms with Crippen molar-refractivity contribution in [2.75, 3.05) is 33.5 Å². The molecule has 144 valence electrons. The van der Waals surface area contributed by atoms with Gasteiger partial charge in [-0.15, -0.1) is 37.1 Å². The van der Waals surface area contributed by atoms with Crippen molar-refractivity contribution in [2.45, 2.75) is 19.3 Å². The van der Waals surface area contributed by atoms with Crippen molar-refractivity contribution in [3.8, 4) is 5.75 Å². The molecule has 3 N–H and O–H groups in total. The van der Waals surface area contributed by atoms with Gasteiger partial charge in [0.25, 0.3) is 0 Å². The third kappa shape index (κ3) is 12.7. The molecule has 0 atom stereocenters. The molecule has 1 rings (SSSR count). The molecule has 25 heavy (non-hydrogen) atoms. The summed E-state index contributed by atoms with van der Waals surface area (Å²) < 4.78 is 50.1. The van der Waals surface area contributed by atoms with Crippen LogP contribution < -0.4 is 15.8 Å². The van der Waals surface area contributed by atoms with Gasteiger partial charge in [0.05, 0.1) is 19.8 Å². The quantitative estimate of drug-likeness (QED) is 0.235. The highest BCUT2D eigenvalue weighted by Gasteiger charge is 2.30. The van der Waals surface area contributed by atoms with Gasteiger partial charge in [-0.3, -0.25) is 0 Å². The van der Waals surface area contributed by atoms with Crippen LogP contribution >= 0.6 is 24.0 Å². The molecular weight excluding hydrogens is 454 g/mol. The van der Waals surface area contributed by atoms with Crippen LogP contribution in [0.1, 0.15) is 12.0 Å². The first kappa shape index (κ1) is 23.7. The summed E-state index contributed by atoms with van der Waals surface area (Å²) in [6.45, 7) is 2.57. The zero-order valence-electron chi connectivity index (χ0n) is 13.8. The molecule has 0 saturated heterocycles. The molecule has 0 unspecified atom stereocenters. The van der Waals surface area contributed by atoms with Gasteiger partial charge in [-0.2, -0.15) is 0 Å². The predicted octanol–water partition coefficient (Wildman–Crippen LogP) is 2.66. The first-order valence-corrected chi connectivity index (χ1v) is 7.36. The topological polar surface area (TPSA) is 78.1 Å². The van der Waals surface area contributed by atoms with E-state index in [2.05, 4.69) is 15.0 Å². The van der Waals surface area contributed by atoms with Crippen molar-refractivity contribution in [1.82, 2.24) is 5.32 Å². The number of ether oxygens (including phenoxy) is 3. The van der Waals surface area contributed by atoms with E-state index in [0.29, 0.717) is 26.4 Å². The smallest absolute Gasteiger partial charge is 0.406 e. The Morgan fingerprint density at radius 2 is 1.84 bits per heavy atom. The fourth-order valence-corrected chi connectivity index (χ4v) is 1.66. The summed E-state index contributed by atoms with van der Waals surface area (Å²) in [6.07, 6.45) is -3.93. The van der Waals surface area contributed by atoms with Gasteiger partial charge in [-0.25, -0.2) is 4.99 Å². The Balaban J connectivity index is 0.00000576. The van der Waals surface area contributed by atoms with E-state index in [-0.39, 0.29) is 42.2 Å². The molecule has 0 bridgehead atoms. The highest BCUT2D eigenvalue weighted by Crippen LogP contribution is 2.22. The Labute approximate surface area is 161 Å². The van der Waals surface area contributed by atoms with Gasteiger partial charge >= 0.3 is 6.36 Å². The van der Waals surface area contributed by atoms with Gasteiger partial charge in [0, 0.05) is 20.3 Å². The second-order valence-electron chi connectivity index (χ2n) is 4.78. The highest BCUT2D eigenvalue weighted by atomic mass is 127. The largest absolute Gasteiger partial charge is 0.573 e. The van der Waals surface area contributed by atoms with Gasteiger partial charge in [0.15, 0.2) is 5.96 Å². The lowest BCUT2D eigenvalue weighted by Crippen LogP contribution is -2.32. The summed E-state index contributed by atoms with van der Waals surface area (Å²) in [5.74, 6) is -0.00249. The van der Waals surface area contributed by atoms with Crippen LogP contribution in [0.3, 0.4) is 0 Å². The Morgan fingerprint density at radius 3 is 2.44 bits per heavy atom. The number of guanidine groups is 1. The van der Waals surface area contributed by atoms with Crippen LogP contribution in [0.25, 0.3) is 0 Å². The standard InChI is InChI=1S/C15H22F3N3O3.HI/c1-22-9-10-23-8-2-7-20-14(19)21-11-12-3-5-13(6-4-12)24-15(16,17)18;/h3-6H,2,7-11H2,1H3,(H3,19,20,21);1H. The molecule has 0 heterocycles. The van der Waals surface area contributed by atoms with Crippen molar-refractivity contribution in [1.29, 1.82) is 0 Å². The number of nitrogens with zero attached hydrogens (tertiary/aromatic N) is 1. The molecule has 0 aliphatic carbocycles. The molecule has 0 aliphatic heterocycles. The summed E-state index contributed by atoms with van der Waals surface area (Å²) in [7, 11) is 1.61. The second kappa shape index (κ2) is 13.0. The minimum Gasteiger partial charge on any atom is -0.406 e. The minimum absolute atomic E-state index is 0. The van der Waals surface area contributed by atoms with Crippen LogP contribution in [0.4, 0.5) is 13.2 Å². The maximum absolute atomic E-state index is 12.0. The van der Waals surface area contributed by atoms with Gasteiger partial charge in [-0.1, -0.05) is 12.1 Å². The molecule has 0 saturated carbocycles. The Kier molecular flexibility index (Phi) is 12.3. The fraction of sp³-hybridized carbons (Fsp3) is 0.533. The number of aliphatic imine (C=N–C) groups is 1. The maximum atomic E-state index is 12.0. The lowest BCUT2D eigenvalue weighted by molar-refractivity contribution is -0.274. The summed E-state index contributed by atoms with van der Waals surface area (Å²) in [4.78, 5) is 4.11. The van der Waals surface area contributed by atoms with Crippen LogP contribution in [0.5, 0.6) is 5.75 Å². The van der Waals surface area contributed by atoms with Crippen LogP contribution in [0.2, 0.25) is 0 Å². The molecule has 0 amide bonds. The number of nitrogens with two attached hydrogens (primary N) is 1. The van der Waals surface area contributed by atoms with Crippen molar-refractivity contribution in [2.24, 2.45) is 10.7 Å². The van der Waals surface area contributed by atoms with E-state index < -0.39 is 6.36 Å². The van der Waals surface area contributed by atoms with E-state index in [4.69, 9.17) is 15.2 Å². The average Bonchev–Trinajstić information content (AvgIpc) is 2.52. The zero-order chi connectivity index (χ0) is 17.8. The van der Waals surface area contributed by atoms with Gasteiger partial charge in [0.1, 0.15) is 5.75 Å². The molecule has 6 nitrogen and oxygen atoms in total. The monoisotopic (exact) mass is 477 g/mol. The van der Waals surface area contributed by atoms with Gasteiger partial charge in [-0.05, 0) is 24.1 Å². The van der Waals surface area contributed by atoms with Crippen molar-refractivity contribution in [3.63, 3.8) is 0 Å². The summed E-state index contributed by atoms with van der Waals surface area (Å²) in [6, 6.07) is 5.47. The third-order valence-corrected chi connectivity index (χ3v) is 2.79. The number of halogens is 4. The summed E-state index contributed by atoms with van der Waals surface area (Å²) >= 11 is 0. The number of hydrogen-bond acceptors (Lipinski definition) is 4. The van der Waals surface area contributed by atoms with Crippen LogP contribution in [-0.2, 0) is 16.0 Å². The number of methoxy groups -OCH3 is 1. The third-order valence-electron chi connectivity index (χ3n) is 2.79. The first-order chi connectivity index (χ1) is 11.4. The van der Waals surface area contributed by atoms with Crippen molar-refractivity contribution >= 4 is 29.9 Å². The molecule has 0 spiro atoms. The maximum Gasteiger partial charge on any atom is 0.573 e. The summed E-state index contributed by atoms with van der Waals surface area (Å²) in [5.41, 5.74) is 6.42. The number of alkyl halides is 3. The average molecular weight is 477 g/mol. The van der Waals surface area contributed by atoms with E-state index in [1.54, 1.807) is 7.11 Å². The molecule has 0 radical (unpaired) electrons. The van der Waals surface area contributed by atoms with E-state index in [0.717, 1.165) is 12.0 Å². The van der Waals surface area contributed by atoms with E-state index in [9.17, 15) is 13.2 Å². The number of rotatable bonds is 10. The molecule has 1 aromatic rings. The second-order valence-corrected chi connectivity index (χ2v) is 4.78. The number of benzene rings is 1. The minimum atomic E-state index is -4.69. The zero-order valence-corrected chi connectivity index (χ0v) is 16.2. The van der Waals surface area contributed by atoms with E-state index in [1.165, 1.54) is 24.3 Å². The van der Waals surface area contributed by atoms with Crippen LogP contribution in [-0.4, -0.2) is 45.8 Å². The SMILES string of the molecule is COCCOCCCNC(N)=NCc1ccc(OC(F)(F)F)cc1.I. The fourth-order valence-electron chi connectivity index (χ4n) is 1.66. The first-order valence-electron chi connectivity index (χ1n) is 7.36. The van der Waals surface area contributed by atoms with Gasteiger partial charge < -0.3 is 25.3 Å². The van der Waals surface area contributed by atoms with Crippen molar-refractivity contribution < 1.29 is 27.4 Å². The molecule has 0 aliphatic rings. The van der Waals surface area contributed by atoms with Gasteiger partial charge in [0.2, 0.25) is 0 Å². The van der Waals surface area contributed by atoms with Crippen molar-refractivity contribution in [3.05, 3.63) is 29.8 Å². The number of nitrogens with one attached hydrogen (secondary N) is 1. The molecule has 0 fully saturated rings. The van der Waals surface area contributed by atoms with Crippen LogP contribution in [0, 0.1) is 0 Å². The Morgan fingerprint density at radius 1 is 1.16 bits per heavy atom. The Bertz CT molecular complexity index is 499. The lowest BCUT2D eigenvalue weighted by Gasteiger charge is -2.09. The van der Waals surface area contributed by atoms with Crippen LogP contribution in [0.15, 0.2) is 29.3 Å². The molecule has 1 aromatic carbocycles. The summed E-state index contributed by atoms with van der Waals surface area (Å²) in [5, 5.41) is 2.93. The number of hydrogen-bond donors (Lipinski definition) is 2.